The van der Waals surface area contributed by atoms with Crippen molar-refractivity contribution in [3.05, 3.63) is 99.6 Å². The second-order valence-electron chi connectivity index (χ2n) is 6.85. The van der Waals surface area contributed by atoms with Crippen LogP contribution in [0.25, 0.3) is 0 Å². The van der Waals surface area contributed by atoms with Gasteiger partial charge in [0.25, 0.3) is 11.8 Å². The van der Waals surface area contributed by atoms with Gasteiger partial charge < -0.3 is 0 Å². The summed E-state index contributed by atoms with van der Waals surface area (Å²) in [4.78, 5) is 53.2. The molecular formula is C23H13NO4. The molecule has 1 aliphatic heterocycles. The maximum absolute atomic E-state index is 13.3. The van der Waals surface area contributed by atoms with Gasteiger partial charge in [-0.2, -0.15) is 0 Å². The van der Waals surface area contributed by atoms with Crippen molar-refractivity contribution in [2.75, 3.05) is 4.90 Å². The van der Waals surface area contributed by atoms with E-state index in [2.05, 4.69) is 0 Å². The van der Waals surface area contributed by atoms with Crippen LogP contribution < -0.4 is 4.90 Å². The monoisotopic (exact) mass is 367 g/mol. The number of imide groups is 1. The van der Waals surface area contributed by atoms with E-state index < -0.39 is 11.8 Å². The molecule has 3 aromatic rings. The van der Waals surface area contributed by atoms with Gasteiger partial charge in [0.15, 0.2) is 11.6 Å². The van der Waals surface area contributed by atoms with Crippen molar-refractivity contribution in [1.82, 2.24) is 0 Å². The Kier molecular flexibility index (Phi) is 3.25. The number of carbonyl (C=O) groups is 4. The first-order valence-corrected chi connectivity index (χ1v) is 8.80. The van der Waals surface area contributed by atoms with E-state index in [9.17, 15) is 19.2 Å². The highest BCUT2D eigenvalue weighted by molar-refractivity contribution is 6.38. The van der Waals surface area contributed by atoms with E-state index in [0.29, 0.717) is 22.3 Å². The van der Waals surface area contributed by atoms with Gasteiger partial charge in [0.05, 0.1) is 22.4 Å². The Morgan fingerprint density at radius 2 is 1.07 bits per heavy atom. The predicted molar refractivity (Wildman–Crippen MR) is 102 cm³/mol. The van der Waals surface area contributed by atoms with E-state index in [-0.39, 0.29) is 33.9 Å². The molecule has 0 unspecified atom stereocenters. The Hall–Kier alpha value is -3.86. The van der Waals surface area contributed by atoms with E-state index in [1.54, 1.807) is 67.6 Å². The Bertz CT molecular complexity index is 1220. The molecule has 0 fully saturated rings. The second kappa shape index (κ2) is 5.57. The van der Waals surface area contributed by atoms with Crippen molar-refractivity contribution in [2.24, 2.45) is 0 Å². The first-order chi connectivity index (χ1) is 13.5. The lowest BCUT2D eigenvalue weighted by molar-refractivity contribution is 0.0923. The highest BCUT2D eigenvalue weighted by Crippen LogP contribution is 2.39. The fourth-order valence-corrected chi connectivity index (χ4v) is 3.95. The van der Waals surface area contributed by atoms with Crippen molar-refractivity contribution in [3.63, 3.8) is 0 Å². The predicted octanol–water partition coefficient (Wildman–Crippen LogP) is 3.57. The molecule has 1 heterocycles. The van der Waals surface area contributed by atoms with Crippen LogP contribution in [0.1, 0.15) is 58.1 Å². The van der Waals surface area contributed by atoms with E-state index in [0.717, 1.165) is 4.90 Å². The van der Waals surface area contributed by atoms with Crippen LogP contribution in [0.3, 0.4) is 0 Å². The average Bonchev–Trinajstić information content (AvgIpc) is 2.97. The number of benzene rings is 3. The topological polar surface area (TPSA) is 71.5 Å². The molecule has 28 heavy (non-hydrogen) atoms. The lowest BCUT2D eigenvalue weighted by atomic mass is 9.82. The summed E-state index contributed by atoms with van der Waals surface area (Å²) in [7, 11) is 0. The molecular weight excluding hydrogens is 354 g/mol. The van der Waals surface area contributed by atoms with Gasteiger partial charge in [0.1, 0.15) is 0 Å². The summed E-state index contributed by atoms with van der Waals surface area (Å²) < 4.78 is 0. The third-order valence-corrected chi connectivity index (χ3v) is 5.29. The third-order valence-electron chi connectivity index (χ3n) is 5.29. The quantitative estimate of drug-likeness (QED) is 0.482. The zero-order valence-electron chi connectivity index (χ0n) is 14.9. The standard InChI is InChI=1S/C23H13NO4/c1-12-10-11-17-18(21(26)14-7-3-2-6-13(14)20(17)25)19(12)24-22(27)15-8-4-5-9-16(15)23(24)28/h2-11H,1H3. The summed E-state index contributed by atoms with van der Waals surface area (Å²) in [6, 6.07) is 16.4. The van der Waals surface area contributed by atoms with Crippen molar-refractivity contribution < 1.29 is 19.2 Å². The van der Waals surface area contributed by atoms with Crippen LogP contribution in [-0.2, 0) is 0 Å². The molecule has 0 saturated heterocycles. The van der Waals surface area contributed by atoms with Crippen molar-refractivity contribution in [2.45, 2.75) is 6.92 Å². The normalized spacial score (nSPS) is 14.8. The molecule has 0 saturated carbocycles. The van der Waals surface area contributed by atoms with Crippen molar-refractivity contribution >= 4 is 29.1 Å². The van der Waals surface area contributed by atoms with E-state index >= 15 is 0 Å². The minimum atomic E-state index is -0.490. The number of hydrogen-bond acceptors (Lipinski definition) is 4. The van der Waals surface area contributed by atoms with Crippen LogP contribution in [0.5, 0.6) is 0 Å². The van der Waals surface area contributed by atoms with Gasteiger partial charge in [-0.15, -0.1) is 0 Å². The zero-order valence-corrected chi connectivity index (χ0v) is 14.9. The maximum Gasteiger partial charge on any atom is 0.266 e. The van der Waals surface area contributed by atoms with Crippen LogP contribution in [0.2, 0.25) is 0 Å². The molecule has 5 heteroatoms. The van der Waals surface area contributed by atoms with E-state index in [1.807, 2.05) is 0 Å². The molecule has 0 bridgehead atoms. The fraction of sp³-hybridized carbons (Fsp3) is 0.0435. The minimum Gasteiger partial charge on any atom is -0.289 e. The van der Waals surface area contributed by atoms with Gasteiger partial charge in [0, 0.05) is 16.7 Å². The summed E-state index contributed by atoms with van der Waals surface area (Å²) in [6.45, 7) is 1.72. The third kappa shape index (κ3) is 1.96. The maximum atomic E-state index is 13.3. The van der Waals surface area contributed by atoms with Gasteiger partial charge in [-0.3, -0.25) is 19.2 Å². The summed E-state index contributed by atoms with van der Waals surface area (Å²) in [5.74, 6) is -1.63. The first-order valence-electron chi connectivity index (χ1n) is 8.80. The highest BCUT2D eigenvalue weighted by Gasteiger charge is 2.41. The summed E-state index contributed by atoms with van der Waals surface area (Å²) in [5.41, 5.74) is 2.28. The number of amides is 2. The number of carbonyl (C=O) groups excluding carboxylic acids is 4. The Morgan fingerprint density at radius 3 is 1.64 bits per heavy atom. The fourth-order valence-electron chi connectivity index (χ4n) is 3.95. The zero-order chi connectivity index (χ0) is 19.6. The molecule has 0 N–H and O–H groups in total. The number of nitrogens with zero attached hydrogens (tertiary/aromatic N) is 1. The largest absolute Gasteiger partial charge is 0.289 e. The molecule has 0 radical (unpaired) electrons. The van der Waals surface area contributed by atoms with E-state index in [1.165, 1.54) is 0 Å². The molecule has 2 aliphatic rings. The smallest absolute Gasteiger partial charge is 0.266 e. The summed E-state index contributed by atoms with van der Waals surface area (Å²) in [6.07, 6.45) is 0. The van der Waals surface area contributed by atoms with Crippen LogP contribution in [-0.4, -0.2) is 23.4 Å². The van der Waals surface area contributed by atoms with Gasteiger partial charge in [-0.1, -0.05) is 42.5 Å². The number of rotatable bonds is 1. The van der Waals surface area contributed by atoms with Crippen LogP contribution >= 0.6 is 0 Å². The minimum absolute atomic E-state index is 0.109. The number of fused-ring (bicyclic) bond motifs is 3. The van der Waals surface area contributed by atoms with Crippen molar-refractivity contribution in [1.29, 1.82) is 0 Å². The van der Waals surface area contributed by atoms with Crippen molar-refractivity contribution in [3.8, 4) is 0 Å². The number of ketones is 2. The van der Waals surface area contributed by atoms with E-state index in [4.69, 9.17) is 0 Å². The molecule has 0 atom stereocenters. The van der Waals surface area contributed by atoms with Crippen LogP contribution in [0.4, 0.5) is 5.69 Å². The Balaban J connectivity index is 1.78. The summed E-state index contributed by atoms with van der Waals surface area (Å²) in [5, 5.41) is 0. The molecule has 3 aromatic carbocycles. The molecule has 0 spiro atoms. The first kappa shape index (κ1) is 16.3. The lowest BCUT2D eigenvalue weighted by Gasteiger charge is -2.25. The van der Waals surface area contributed by atoms with Gasteiger partial charge in [0.2, 0.25) is 0 Å². The number of hydrogen-bond donors (Lipinski definition) is 0. The van der Waals surface area contributed by atoms with Gasteiger partial charge >= 0.3 is 0 Å². The summed E-state index contributed by atoms with van der Waals surface area (Å²) >= 11 is 0. The molecule has 134 valence electrons. The van der Waals surface area contributed by atoms with Gasteiger partial charge in [-0.05, 0) is 30.7 Å². The highest BCUT2D eigenvalue weighted by atomic mass is 16.2. The molecule has 5 rings (SSSR count). The number of anilines is 1. The molecule has 2 amide bonds. The SMILES string of the molecule is Cc1ccc2c(c1N1C(=O)c3ccccc3C1=O)C(=O)c1ccccc1C2=O. The molecule has 5 nitrogen and oxygen atoms in total. The molecule has 0 aromatic heterocycles. The lowest BCUT2D eigenvalue weighted by Crippen LogP contribution is -2.34. The Morgan fingerprint density at radius 1 is 0.571 bits per heavy atom. The Labute approximate surface area is 160 Å². The van der Waals surface area contributed by atoms with Crippen LogP contribution in [0, 0.1) is 6.92 Å². The molecule has 1 aliphatic carbocycles. The second-order valence-corrected chi connectivity index (χ2v) is 6.85. The number of aryl methyl sites for hydroxylation is 1. The average molecular weight is 367 g/mol. The van der Waals surface area contributed by atoms with Crippen LogP contribution in [0.15, 0.2) is 60.7 Å². The van der Waals surface area contributed by atoms with Gasteiger partial charge in [-0.25, -0.2) is 4.90 Å².